The second-order valence-electron chi connectivity index (χ2n) is 6.46. The summed E-state index contributed by atoms with van der Waals surface area (Å²) < 4.78 is 32.8. The highest BCUT2D eigenvalue weighted by Crippen LogP contribution is 2.26. The molecule has 2 amide bonds. The van der Waals surface area contributed by atoms with Crippen LogP contribution in [0.15, 0.2) is 59.5 Å². The van der Waals surface area contributed by atoms with Crippen molar-refractivity contribution in [3.05, 3.63) is 54.6 Å². The molecule has 1 aliphatic rings. The molecule has 154 valence electrons. The molecule has 1 unspecified atom stereocenters. The number of hydrogen-bond donors (Lipinski definition) is 2. The molecule has 0 saturated carbocycles. The van der Waals surface area contributed by atoms with E-state index in [0.29, 0.717) is 11.5 Å². The molecule has 0 radical (unpaired) electrons. The SMILES string of the molecule is CC(=O)N1CCN(S(=O)(=O)c2ccc(Oc3ccccc3)cc2)C(C(=O)NO)C1. The highest BCUT2D eigenvalue weighted by molar-refractivity contribution is 7.89. The first-order valence-corrected chi connectivity index (χ1v) is 10.3. The van der Waals surface area contributed by atoms with Gasteiger partial charge in [0.15, 0.2) is 0 Å². The summed E-state index contributed by atoms with van der Waals surface area (Å²) in [6, 6.07) is 13.6. The largest absolute Gasteiger partial charge is 0.457 e. The first kappa shape index (κ1) is 20.8. The second kappa shape index (κ2) is 8.60. The van der Waals surface area contributed by atoms with E-state index >= 15 is 0 Å². The number of hydrogen-bond acceptors (Lipinski definition) is 6. The predicted octanol–water partition coefficient (Wildman–Crippen LogP) is 1.21. The van der Waals surface area contributed by atoms with Crippen molar-refractivity contribution in [2.45, 2.75) is 17.9 Å². The lowest BCUT2D eigenvalue weighted by Crippen LogP contribution is -2.60. The minimum absolute atomic E-state index is 0.0232. The monoisotopic (exact) mass is 419 g/mol. The Hall–Kier alpha value is -2.95. The number of rotatable bonds is 5. The van der Waals surface area contributed by atoms with Gasteiger partial charge in [0.25, 0.3) is 5.91 Å². The minimum Gasteiger partial charge on any atom is -0.457 e. The zero-order valence-corrected chi connectivity index (χ0v) is 16.5. The van der Waals surface area contributed by atoms with E-state index in [2.05, 4.69) is 0 Å². The second-order valence-corrected chi connectivity index (χ2v) is 8.35. The molecule has 1 aliphatic heterocycles. The third-order valence-corrected chi connectivity index (χ3v) is 6.52. The highest BCUT2D eigenvalue weighted by Gasteiger charge is 2.40. The average Bonchev–Trinajstić information content (AvgIpc) is 2.73. The van der Waals surface area contributed by atoms with Crippen LogP contribution in [0.1, 0.15) is 6.92 Å². The van der Waals surface area contributed by atoms with Crippen LogP contribution >= 0.6 is 0 Å². The van der Waals surface area contributed by atoms with Gasteiger partial charge >= 0.3 is 0 Å². The molecular formula is C19H21N3O6S. The Bertz CT molecular complexity index is 979. The van der Waals surface area contributed by atoms with Crippen LogP contribution in [-0.4, -0.2) is 60.3 Å². The van der Waals surface area contributed by atoms with Crippen LogP contribution in [0, 0.1) is 0 Å². The Labute approximate surface area is 168 Å². The molecule has 9 nitrogen and oxygen atoms in total. The quantitative estimate of drug-likeness (QED) is 0.556. The molecule has 1 saturated heterocycles. The zero-order chi connectivity index (χ0) is 21.0. The van der Waals surface area contributed by atoms with Crippen molar-refractivity contribution in [2.24, 2.45) is 0 Å². The van der Waals surface area contributed by atoms with Crippen LogP contribution in [0.25, 0.3) is 0 Å². The number of para-hydroxylation sites is 1. The number of benzene rings is 2. The van der Waals surface area contributed by atoms with Gasteiger partial charge in [-0.3, -0.25) is 14.8 Å². The van der Waals surface area contributed by atoms with E-state index in [1.54, 1.807) is 12.1 Å². The first-order valence-electron chi connectivity index (χ1n) is 8.87. The molecule has 3 rings (SSSR count). The van der Waals surface area contributed by atoms with Crippen molar-refractivity contribution in [2.75, 3.05) is 19.6 Å². The number of carbonyl (C=O) groups excluding carboxylic acids is 2. The van der Waals surface area contributed by atoms with Crippen molar-refractivity contribution >= 4 is 21.8 Å². The summed E-state index contributed by atoms with van der Waals surface area (Å²) in [6.07, 6.45) is 0. The fourth-order valence-corrected chi connectivity index (χ4v) is 4.64. The smallest absolute Gasteiger partial charge is 0.263 e. The van der Waals surface area contributed by atoms with Gasteiger partial charge in [0.2, 0.25) is 15.9 Å². The van der Waals surface area contributed by atoms with Crippen molar-refractivity contribution < 1.29 is 28.0 Å². The van der Waals surface area contributed by atoms with Gasteiger partial charge in [0, 0.05) is 26.6 Å². The maximum Gasteiger partial charge on any atom is 0.263 e. The molecule has 2 aromatic rings. The third-order valence-electron chi connectivity index (χ3n) is 4.60. The molecule has 0 aromatic heterocycles. The standard InChI is InChI=1S/C19H21N3O6S/c1-14(23)21-11-12-22(18(13-21)19(24)20-25)29(26,27)17-9-7-16(8-10-17)28-15-5-3-2-4-6-15/h2-10,18,25H,11-13H2,1H3,(H,20,24). The Morgan fingerprint density at radius 3 is 2.24 bits per heavy atom. The van der Waals surface area contributed by atoms with Crippen LogP contribution < -0.4 is 10.2 Å². The van der Waals surface area contributed by atoms with Crippen molar-refractivity contribution in [3.63, 3.8) is 0 Å². The maximum absolute atomic E-state index is 13.1. The molecule has 1 heterocycles. The fourth-order valence-electron chi connectivity index (χ4n) is 3.07. The molecule has 10 heteroatoms. The van der Waals surface area contributed by atoms with E-state index in [9.17, 15) is 18.0 Å². The summed E-state index contributed by atoms with van der Waals surface area (Å²) in [4.78, 5) is 25.0. The lowest BCUT2D eigenvalue weighted by atomic mass is 10.2. The van der Waals surface area contributed by atoms with Crippen LogP contribution in [0.3, 0.4) is 0 Å². The van der Waals surface area contributed by atoms with Crippen molar-refractivity contribution in [1.29, 1.82) is 0 Å². The van der Waals surface area contributed by atoms with Crippen molar-refractivity contribution in [3.8, 4) is 11.5 Å². The Morgan fingerprint density at radius 1 is 1.03 bits per heavy atom. The normalized spacial score (nSPS) is 17.6. The fraction of sp³-hybridized carbons (Fsp3) is 0.263. The lowest BCUT2D eigenvalue weighted by Gasteiger charge is -2.38. The van der Waals surface area contributed by atoms with E-state index in [-0.39, 0.29) is 30.4 Å². The first-order chi connectivity index (χ1) is 13.8. The number of carbonyl (C=O) groups is 2. The van der Waals surface area contributed by atoms with Crippen LogP contribution in [0.4, 0.5) is 0 Å². The van der Waals surface area contributed by atoms with Crippen LogP contribution in [0.2, 0.25) is 0 Å². The van der Waals surface area contributed by atoms with Crippen LogP contribution in [-0.2, 0) is 19.6 Å². The maximum atomic E-state index is 13.1. The topological polar surface area (TPSA) is 116 Å². The van der Waals surface area contributed by atoms with Gasteiger partial charge in [-0.2, -0.15) is 4.31 Å². The van der Waals surface area contributed by atoms with E-state index in [1.807, 2.05) is 18.2 Å². The van der Waals surface area contributed by atoms with E-state index in [1.165, 1.54) is 41.6 Å². The van der Waals surface area contributed by atoms with Gasteiger partial charge in [-0.15, -0.1) is 0 Å². The number of piperazine rings is 1. The highest BCUT2D eigenvalue weighted by atomic mass is 32.2. The minimum atomic E-state index is -4.04. The number of nitrogens with zero attached hydrogens (tertiary/aromatic N) is 2. The van der Waals surface area contributed by atoms with Gasteiger partial charge in [0.1, 0.15) is 17.5 Å². The van der Waals surface area contributed by atoms with Crippen molar-refractivity contribution in [1.82, 2.24) is 14.7 Å². The molecule has 0 bridgehead atoms. The van der Waals surface area contributed by atoms with E-state index in [4.69, 9.17) is 9.94 Å². The van der Waals surface area contributed by atoms with Gasteiger partial charge < -0.3 is 9.64 Å². The van der Waals surface area contributed by atoms with Crippen LogP contribution in [0.5, 0.6) is 11.5 Å². The summed E-state index contributed by atoms with van der Waals surface area (Å²) in [7, 11) is -4.04. The zero-order valence-electron chi connectivity index (χ0n) is 15.7. The lowest BCUT2D eigenvalue weighted by molar-refractivity contribution is -0.138. The molecule has 0 spiro atoms. The Morgan fingerprint density at radius 2 is 1.66 bits per heavy atom. The summed E-state index contributed by atoms with van der Waals surface area (Å²) in [5, 5.41) is 9.00. The summed E-state index contributed by atoms with van der Waals surface area (Å²) in [5.74, 6) is -0.104. The Balaban J connectivity index is 1.83. The summed E-state index contributed by atoms with van der Waals surface area (Å²) in [5.41, 5.74) is 1.48. The molecule has 29 heavy (non-hydrogen) atoms. The predicted molar refractivity (Wildman–Crippen MR) is 103 cm³/mol. The number of ether oxygens (including phenoxy) is 1. The molecule has 2 N–H and O–H groups in total. The summed E-state index contributed by atoms with van der Waals surface area (Å²) >= 11 is 0. The molecule has 2 aromatic carbocycles. The van der Waals surface area contributed by atoms with E-state index < -0.39 is 22.0 Å². The Kier molecular flexibility index (Phi) is 6.16. The summed E-state index contributed by atoms with van der Waals surface area (Å²) in [6.45, 7) is 1.28. The van der Waals surface area contributed by atoms with Gasteiger partial charge in [-0.25, -0.2) is 13.9 Å². The number of sulfonamides is 1. The van der Waals surface area contributed by atoms with Gasteiger partial charge in [-0.1, -0.05) is 18.2 Å². The average molecular weight is 419 g/mol. The third kappa shape index (κ3) is 4.56. The number of hydroxylamine groups is 1. The van der Waals surface area contributed by atoms with Gasteiger partial charge in [-0.05, 0) is 36.4 Å². The molecular weight excluding hydrogens is 398 g/mol. The van der Waals surface area contributed by atoms with E-state index in [0.717, 1.165) is 4.31 Å². The van der Waals surface area contributed by atoms with Gasteiger partial charge in [0.05, 0.1) is 4.90 Å². The number of nitrogens with one attached hydrogen (secondary N) is 1. The molecule has 0 aliphatic carbocycles. The number of amides is 2. The molecule has 1 fully saturated rings. The molecule has 1 atom stereocenters.